The first kappa shape index (κ1) is 27.2. The highest BCUT2D eigenvalue weighted by Gasteiger charge is 2.22. The van der Waals surface area contributed by atoms with Crippen molar-refractivity contribution >= 4 is 5.97 Å². The van der Waals surface area contributed by atoms with Crippen molar-refractivity contribution in [3.8, 4) is 0 Å². The van der Waals surface area contributed by atoms with Crippen LogP contribution in [-0.2, 0) is 19.0 Å². The van der Waals surface area contributed by atoms with E-state index in [1.165, 1.54) is 38.5 Å². The molecule has 0 aromatic carbocycles. The molecule has 0 radical (unpaired) electrons. The van der Waals surface area contributed by atoms with E-state index in [9.17, 15) is 20.1 Å². The number of unbranched alkanes of at least 4 members (excludes halogenated alkanes) is 8. The predicted octanol–water partition coefficient (Wildman–Crippen LogP) is 0.792. The maximum atomic E-state index is 11.6. The van der Waals surface area contributed by atoms with E-state index < -0.39 is 44.2 Å². The third kappa shape index (κ3) is 16.2. The van der Waals surface area contributed by atoms with Gasteiger partial charge in [0.05, 0.1) is 13.2 Å². The first-order chi connectivity index (χ1) is 13.4. The smallest absolute Gasteiger partial charge is 0.305 e. The first-order valence-corrected chi connectivity index (χ1v) is 10.2. The maximum absolute atomic E-state index is 11.6. The molecule has 0 aromatic rings. The van der Waals surface area contributed by atoms with E-state index in [0.29, 0.717) is 0 Å². The zero-order chi connectivity index (χ0) is 21.2. The maximum Gasteiger partial charge on any atom is 0.305 e. The number of rotatable bonds is 19. The van der Waals surface area contributed by atoms with E-state index in [1.54, 1.807) is 0 Å². The van der Waals surface area contributed by atoms with Crippen molar-refractivity contribution in [2.45, 2.75) is 96.1 Å². The summed E-state index contributed by atoms with van der Waals surface area (Å²) in [4.78, 5) is 11.6. The third-order valence-corrected chi connectivity index (χ3v) is 4.08. The number of hydrogen-bond acceptors (Lipinski definition) is 9. The molecule has 9 heteroatoms. The summed E-state index contributed by atoms with van der Waals surface area (Å²) in [7, 11) is 0. The molecule has 0 saturated heterocycles. The molecule has 0 spiro atoms. The van der Waals surface area contributed by atoms with Crippen molar-refractivity contribution in [2.75, 3.05) is 19.8 Å². The molecule has 0 aliphatic heterocycles. The summed E-state index contributed by atoms with van der Waals surface area (Å²) in [5.74, 6) is -0.406. The van der Waals surface area contributed by atoms with E-state index in [4.69, 9.17) is 19.7 Å². The number of esters is 1. The largest absolute Gasteiger partial charge is 0.463 e. The lowest BCUT2D eigenvalue weighted by molar-refractivity contribution is -0.302. The minimum absolute atomic E-state index is 0.289. The van der Waals surface area contributed by atoms with Gasteiger partial charge in [0.1, 0.15) is 12.7 Å². The van der Waals surface area contributed by atoms with Crippen LogP contribution in [0.1, 0.15) is 71.1 Å². The molecule has 5 N–H and O–H groups in total. The van der Waals surface area contributed by atoms with Gasteiger partial charge in [0.2, 0.25) is 12.6 Å². The molecule has 0 aliphatic carbocycles. The molecular formula is C19H38O9. The molecule has 0 rings (SSSR count). The van der Waals surface area contributed by atoms with Gasteiger partial charge in [0.25, 0.3) is 0 Å². The number of ether oxygens (including phenoxy) is 3. The van der Waals surface area contributed by atoms with Crippen molar-refractivity contribution in [3.63, 3.8) is 0 Å². The Morgan fingerprint density at radius 3 is 1.96 bits per heavy atom. The summed E-state index contributed by atoms with van der Waals surface area (Å²) in [6.45, 7) is 0.726. The predicted molar refractivity (Wildman–Crippen MR) is 101 cm³/mol. The highest BCUT2D eigenvalue weighted by Crippen LogP contribution is 2.11. The lowest BCUT2D eigenvalue weighted by atomic mass is 10.1. The third-order valence-electron chi connectivity index (χ3n) is 4.08. The highest BCUT2D eigenvalue weighted by molar-refractivity contribution is 5.69. The quantitative estimate of drug-likeness (QED) is 0.118. The van der Waals surface area contributed by atoms with Crippen LogP contribution in [-0.4, -0.2) is 76.3 Å². The van der Waals surface area contributed by atoms with Gasteiger partial charge in [-0.3, -0.25) is 4.79 Å². The Labute approximate surface area is 167 Å². The Morgan fingerprint density at radius 1 is 0.821 bits per heavy atom. The Kier molecular flexibility index (Phi) is 17.7. The highest BCUT2D eigenvalue weighted by atomic mass is 16.7. The second-order valence-corrected chi connectivity index (χ2v) is 6.80. The van der Waals surface area contributed by atoms with Gasteiger partial charge in [-0.05, 0) is 6.42 Å². The lowest BCUT2D eigenvalue weighted by Crippen LogP contribution is -2.38. The SMILES string of the molecule is CCCCCCCCCCCC(=O)OCC(O)COC(O)C(O)OC(O)CO. The number of aliphatic hydroxyl groups excluding tert-OH is 5. The van der Waals surface area contributed by atoms with Gasteiger partial charge in [-0.1, -0.05) is 58.3 Å². The zero-order valence-electron chi connectivity index (χ0n) is 16.9. The average molecular weight is 411 g/mol. The van der Waals surface area contributed by atoms with Crippen LogP contribution in [0.15, 0.2) is 0 Å². The van der Waals surface area contributed by atoms with Gasteiger partial charge in [-0.15, -0.1) is 0 Å². The minimum Gasteiger partial charge on any atom is -0.463 e. The lowest BCUT2D eigenvalue weighted by Gasteiger charge is -2.21. The van der Waals surface area contributed by atoms with Crippen LogP contribution in [0.5, 0.6) is 0 Å². The van der Waals surface area contributed by atoms with Gasteiger partial charge in [-0.25, -0.2) is 0 Å². The zero-order valence-corrected chi connectivity index (χ0v) is 16.9. The second-order valence-electron chi connectivity index (χ2n) is 6.80. The molecule has 0 amide bonds. The molecule has 0 aliphatic rings. The number of carbonyl (C=O) groups excluding carboxylic acids is 1. The van der Waals surface area contributed by atoms with Crippen LogP contribution in [0, 0.1) is 0 Å². The monoisotopic (exact) mass is 410 g/mol. The molecule has 4 unspecified atom stereocenters. The standard InChI is InChI=1S/C19H38O9/c1-2-3-4-5-6-7-8-9-10-11-16(22)26-13-15(21)14-27-18(24)19(25)28-17(23)12-20/h15,17-21,23-25H,2-14H2,1H3. The fourth-order valence-corrected chi connectivity index (χ4v) is 2.45. The van der Waals surface area contributed by atoms with Crippen LogP contribution in [0.3, 0.4) is 0 Å². The summed E-state index contributed by atoms with van der Waals surface area (Å²) in [5, 5.41) is 45.9. The molecule has 0 aromatic heterocycles. The van der Waals surface area contributed by atoms with Crippen molar-refractivity contribution in [3.05, 3.63) is 0 Å². The van der Waals surface area contributed by atoms with E-state index in [0.717, 1.165) is 19.3 Å². The molecular weight excluding hydrogens is 372 g/mol. The fourth-order valence-electron chi connectivity index (χ4n) is 2.45. The molecule has 0 heterocycles. The van der Waals surface area contributed by atoms with Gasteiger partial charge in [0, 0.05) is 6.42 Å². The second kappa shape index (κ2) is 18.2. The van der Waals surface area contributed by atoms with Crippen LogP contribution in [0.2, 0.25) is 0 Å². The normalized spacial score (nSPS) is 15.8. The van der Waals surface area contributed by atoms with E-state index in [1.807, 2.05) is 0 Å². The van der Waals surface area contributed by atoms with Crippen LogP contribution < -0.4 is 0 Å². The summed E-state index contributed by atoms with van der Waals surface area (Å²) in [5.41, 5.74) is 0. The van der Waals surface area contributed by atoms with E-state index in [-0.39, 0.29) is 13.0 Å². The average Bonchev–Trinajstić information content (AvgIpc) is 2.68. The molecule has 9 nitrogen and oxygen atoms in total. The van der Waals surface area contributed by atoms with Crippen LogP contribution >= 0.6 is 0 Å². The summed E-state index contributed by atoms with van der Waals surface area (Å²) < 4.78 is 14.1. The van der Waals surface area contributed by atoms with Crippen molar-refractivity contribution in [1.29, 1.82) is 0 Å². The summed E-state index contributed by atoms with van der Waals surface area (Å²) >= 11 is 0. The molecule has 0 bridgehead atoms. The molecule has 168 valence electrons. The van der Waals surface area contributed by atoms with Gasteiger partial charge < -0.3 is 39.7 Å². The van der Waals surface area contributed by atoms with Crippen LogP contribution in [0.25, 0.3) is 0 Å². The molecule has 28 heavy (non-hydrogen) atoms. The summed E-state index contributed by atoms with van der Waals surface area (Å²) in [6.07, 6.45) is 4.04. The minimum atomic E-state index is -1.90. The molecule has 0 fully saturated rings. The van der Waals surface area contributed by atoms with E-state index >= 15 is 0 Å². The van der Waals surface area contributed by atoms with Gasteiger partial charge in [-0.2, -0.15) is 0 Å². The van der Waals surface area contributed by atoms with Crippen molar-refractivity contribution < 1.29 is 44.5 Å². The van der Waals surface area contributed by atoms with Crippen LogP contribution in [0.4, 0.5) is 0 Å². The Hall–Kier alpha value is -0.810. The number of hydrogen-bond donors (Lipinski definition) is 5. The van der Waals surface area contributed by atoms with Gasteiger partial charge >= 0.3 is 5.97 Å². The first-order valence-electron chi connectivity index (χ1n) is 10.2. The molecule has 0 saturated carbocycles. The Balaban J connectivity index is 3.62. The van der Waals surface area contributed by atoms with Crippen molar-refractivity contribution in [2.24, 2.45) is 0 Å². The number of aliphatic hydroxyl groups is 5. The van der Waals surface area contributed by atoms with E-state index in [2.05, 4.69) is 11.7 Å². The number of carbonyl (C=O) groups is 1. The summed E-state index contributed by atoms with van der Waals surface area (Å²) in [6, 6.07) is 0. The topological polar surface area (TPSA) is 146 Å². The van der Waals surface area contributed by atoms with Crippen molar-refractivity contribution in [1.82, 2.24) is 0 Å². The molecule has 4 atom stereocenters. The fraction of sp³-hybridized carbons (Fsp3) is 0.947. The Bertz CT molecular complexity index is 367. The van der Waals surface area contributed by atoms with Gasteiger partial charge in [0.15, 0.2) is 6.29 Å². The Morgan fingerprint density at radius 2 is 1.39 bits per heavy atom.